The molecule has 0 radical (unpaired) electrons. The first kappa shape index (κ1) is 9.04. The van der Waals surface area contributed by atoms with Gasteiger partial charge in [-0.3, -0.25) is 0 Å². The highest BCUT2D eigenvalue weighted by Crippen LogP contribution is 2.27. The Labute approximate surface area is 72.6 Å². The van der Waals surface area contributed by atoms with Crippen LogP contribution in [0.1, 0.15) is 26.7 Å². The normalized spacial score (nSPS) is 21.3. The monoisotopic (exact) mass is 166 g/mol. The SMILES string of the molecule is CC1(C)C=CC(C(=O)O)=CCC1. The maximum absolute atomic E-state index is 10.6. The summed E-state index contributed by atoms with van der Waals surface area (Å²) < 4.78 is 0. The molecule has 0 bridgehead atoms. The van der Waals surface area contributed by atoms with Gasteiger partial charge in [-0.15, -0.1) is 0 Å². The predicted molar refractivity (Wildman–Crippen MR) is 47.9 cm³/mol. The number of carboxylic acid groups (broad SMARTS) is 1. The van der Waals surface area contributed by atoms with E-state index >= 15 is 0 Å². The highest BCUT2D eigenvalue weighted by Gasteiger charge is 2.16. The summed E-state index contributed by atoms with van der Waals surface area (Å²) in [6.07, 6.45) is 7.32. The number of carbonyl (C=O) groups is 1. The van der Waals surface area contributed by atoms with Crippen LogP contribution in [-0.2, 0) is 4.79 Å². The third kappa shape index (κ3) is 2.22. The summed E-state index contributed by atoms with van der Waals surface area (Å²) in [7, 11) is 0. The molecule has 0 aromatic rings. The quantitative estimate of drug-likeness (QED) is 0.649. The van der Waals surface area contributed by atoms with E-state index in [2.05, 4.69) is 13.8 Å². The van der Waals surface area contributed by atoms with Crippen molar-refractivity contribution in [2.75, 3.05) is 0 Å². The molecule has 2 heteroatoms. The first-order chi connectivity index (χ1) is 5.51. The summed E-state index contributed by atoms with van der Waals surface area (Å²) in [5.74, 6) is -0.830. The lowest BCUT2D eigenvalue weighted by molar-refractivity contribution is -0.132. The van der Waals surface area contributed by atoms with Gasteiger partial charge in [0.15, 0.2) is 0 Å². The van der Waals surface area contributed by atoms with E-state index in [0.29, 0.717) is 5.57 Å². The number of aliphatic carboxylic acids is 1. The zero-order chi connectivity index (χ0) is 9.19. The summed E-state index contributed by atoms with van der Waals surface area (Å²) >= 11 is 0. The Bertz CT molecular complexity index is 247. The van der Waals surface area contributed by atoms with Crippen molar-refractivity contribution in [2.24, 2.45) is 5.41 Å². The number of hydrogen-bond donors (Lipinski definition) is 1. The van der Waals surface area contributed by atoms with Crippen molar-refractivity contribution < 1.29 is 9.90 Å². The van der Waals surface area contributed by atoms with Crippen LogP contribution >= 0.6 is 0 Å². The summed E-state index contributed by atoms with van der Waals surface area (Å²) in [4.78, 5) is 10.6. The second kappa shape index (κ2) is 3.13. The van der Waals surface area contributed by atoms with Gasteiger partial charge in [-0.25, -0.2) is 4.79 Å². The molecule has 0 heterocycles. The molecule has 2 nitrogen and oxygen atoms in total. The zero-order valence-electron chi connectivity index (χ0n) is 7.50. The highest BCUT2D eigenvalue weighted by molar-refractivity contribution is 5.89. The van der Waals surface area contributed by atoms with Crippen LogP contribution in [-0.4, -0.2) is 11.1 Å². The van der Waals surface area contributed by atoms with Crippen LogP contribution in [0.4, 0.5) is 0 Å². The van der Waals surface area contributed by atoms with Gasteiger partial charge in [0.05, 0.1) is 5.57 Å². The maximum Gasteiger partial charge on any atom is 0.335 e. The van der Waals surface area contributed by atoms with E-state index in [0.717, 1.165) is 12.8 Å². The standard InChI is InChI=1S/C10H14O2/c1-10(2)6-3-4-8(5-7-10)9(11)12/h4-5,7H,3,6H2,1-2H3,(H,11,12). The first-order valence-electron chi connectivity index (χ1n) is 4.14. The summed E-state index contributed by atoms with van der Waals surface area (Å²) in [5.41, 5.74) is 0.550. The fraction of sp³-hybridized carbons (Fsp3) is 0.500. The molecule has 1 N–H and O–H groups in total. The van der Waals surface area contributed by atoms with Crippen LogP contribution in [0.3, 0.4) is 0 Å². The Morgan fingerprint density at radius 3 is 2.83 bits per heavy atom. The van der Waals surface area contributed by atoms with Gasteiger partial charge in [0.2, 0.25) is 0 Å². The van der Waals surface area contributed by atoms with E-state index in [4.69, 9.17) is 5.11 Å². The van der Waals surface area contributed by atoms with Gasteiger partial charge in [0.1, 0.15) is 0 Å². The third-order valence-electron chi connectivity index (χ3n) is 2.11. The smallest absolute Gasteiger partial charge is 0.335 e. The van der Waals surface area contributed by atoms with Crippen LogP contribution < -0.4 is 0 Å². The Balaban J connectivity index is 2.81. The summed E-state index contributed by atoms with van der Waals surface area (Å²) in [6.45, 7) is 4.23. The molecular formula is C10H14O2. The molecule has 1 aliphatic rings. The fourth-order valence-corrected chi connectivity index (χ4v) is 1.23. The average molecular weight is 166 g/mol. The van der Waals surface area contributed by atoms with Crippen LogP contribution in [0, 0.1) is 5.41 Å². The topological polar surface area (TPSA) is 37.3 Å². The summed E-state index contributed by atoms with van der Waals surface area (Å²) in [6, 6.07) is 0. The first-order valence-corrected chi connectivity index (χ1v) is 4.14. The van der Waals surface area contributed by atoms with Crippen molar-refractivity contribution in [3.63, 3.8) is 0 Å². The molecule has 0 saturated heterocycles. The van der Waals surface area contributed by atoms with E-state index < -0.39 is 5.97 Å². The minimum Gasteiger partial charge on any atom is -0.478 e. The summed E-state index contributed by atoms with van der Waals surface area (Å²) in [5, 5.41) is 8.71. The van der Waals surface area contributed by atoms with Gasteiger partial charge in [0.25, 0.3) is 0 Å². The van der Waals surface area contributed by atoms with Crippen molar-refractivity contribution >= 4 is 5.97 Å². The largest absolute Gasteiger partial charge is 0.478 e. The van der Waals surface area contributed by atoms with E-state index in [1.807, 2.05) is 6.08 Å². The Kier molecular flexibility index (Phi) is 2.36. The molecule has 0 aliphatic heterocycles. The van der Waals surface area contributed by atoms with E-state index in [-0.39, 0.29) is 5.41 Å². The molecule has 1 rings (SSSR count). The van der Waals surface area contributed by atoms with Crippen LogP contribution in [0.15, 0.2) is 23.8 Å². The second-order valence-corrected chi connectivity index (χ2v) is 3.83. The van der Waals surface area contributed by atoms with Gasteiger partial charge in [-0.1, -0.05) is 32.1 Å². The lowest BCUT2D eigenvalue weighted by Crippen LogP contribution is -2.04. The number of rotatable bonds is 1. The van der Waals surface area contributed by atoms with Crippen molar-refractivity contribution in [3.05, 3.63) is 23.8 Å². The van der Waals surface area contributed by atoms with Crippen molar-refractivity contribution in [2.45, 2.75) is 26.7 Å². The second-order valence-electron chi connectivity index (χ2n) is 3.83. The fourth-order valence-electron chi connectivity index (χ4n) is 1.23. The number of carboxylic acids is 1. The van der Waals surface area contributed by atoms with E-state index in [9.17, 15) is 4.79 Å². The molecule has 0 saturated carbocycles. The van der Waals surface area contributed by atoms with Crippen molar-refractivity contribution in [1.82, 2.24) is 0 Å². The molecular weight excluding hydrogens is 152 g/mol. The highest BCUT2D eigenvalue weighted by atomic mass is 16.4. The number of allylic oxidation sites excluding steroid dienone is 2. The molecule has 0 amide bonds. The lowest BCUT2D eigenvalue weighted by atomic mass is 9.89. The van der Waals surface area contributed by atoms with Gasteiger partial charge < -0.3 is 5.11 Å². The van der Waals surface area contributed by atoms with Crippen LogP contribution in [0.25, 0.3) is 0 Å². The Hall–Kier alpha value is -1.05. The van der Waals surface area contributed by atoms with E-state index in [1.165, 1.54) is 0 Å². The molecule has 66 valence electrons. The predicted octanol–water partition coefficient (Wildman–Crippen LogP) is 2.37. The molecule has 0 aromatic carbocycles. The van der Waals surface area contributed by atoms with Crippen molar-refractivity contribution in [1.29, 1.82) is 0 Å². The Morgan fingerprint density at radius 1 is 1.58 bits per heavy atom. The van der Waals surface area contributed by atoms with Crippen molar-refractivity contribution in [3.8, 4) is 0 Å². The van der Waals surface area contributed by atoms with Crippen LogP contribution in [0.5, 0.6) is 0 Å². The lowest BCUT2D eigenvalue weighted by Gasteiger charge is -2.16. The minimum absolute atomic E-state index is 0.133. The molecule has 12 heavy (non-hydrogen) atoms. The van der Waals surface area contributed by atoms with Crippen LogP contribution in [0.2, 0.25) is 0 Å². The molecule has 0 spiro atoms. The zero-order valence-corrected chi connectivity index (χ0v) is 7.50. The average Bonchev–Trinajstić information content (AvgIpc) is 2.10. The van der Waals surface area contributed by atoms with Gasteiger partial charge in [0, 0.05) is 0 Å². The molecule has 0 fully saturated rings. The molecule has 0 aromatic heterocycles. The third-order valence-corrected chi connectivity index (χ3v) is 2.11. The molecule has 0 unspecified atom stereocenters. The van der Waals surface area contributed by atoms with Gasteiger partial charge >= 0.3 is 5.97 Å². The number of hydrogen-bond acceptors (Lipinski definition) is 1. The van der Waals surface area contributed by atoms with Gasteiger partial charge in [-0.2, -0.15) is 0 Å². The molecule has 1 aliphatic carbocycles. The minimum atomic E-state index is -0.830. The maximum atomic E-state index is 10.6. The Morgan fingerprint density at radius 2 is 2.25 bits per heavy atom. The van der Waals surface area contributed by atoms with E-state index in [1.54, 1.807) is 12.2 Å². The molecule has 0 atom stereocenters. The van der Waals surface area contributed by atoms with Gasteiger partial charge in [-0.05, 0) is 18.3 Å².